The molecule has 0 spiro atoms. The van der Waals surface area contributed by atoms with E-state index in [1.54, 1.807) is 26.8 Å². The summed E-state index contributed by atoms with van der Waals surface area (Å²) in [5.74, 6) is -1.04. The van der Waals surface area contributed by atoms with Crippen molar-refractivity contribution in [1.29, 1.82) is 0 Å². The van der Waals surface area contributed by atoms with E-state index >= 15 is 0 Å². The maximum atomic E-state index is 12.3. The van der Waals surface area contributed by atoms with Gasteiger partial charge in [-0.25, -0.2) is 4.79 Å². The van der Waals surface area contributed by atoms with Crippen LogP contribution in [0.5, 0.6) is 0 Å². The Morgan fingerprint density at radius 3 is 2.60 bits per heavy atom. The van der Waals surface area contributed by atoms with E-state index in [9.17, 15) is 9.59 Å². The quantitative estimate of drug-likeness (QED) is 0.424. The lowest BCUT2D eigenvalue weighted by Crippen LogP contribution is -2.48. The molecule has 0 aromatic rings. The minimum atomic E-state index is -1.64. The molecular formula is C15H22O5. The van der Waals surface area contributed by atoms with Gasteiger partial charge in [-0.1, -0.05) is 12.2 Å². The summed E-state index contributed by atoms with van der Waals surface area (Å²) in [7, 11) is 0. The van der Waals surface area contributed by atoms with Crippen LogP contribution in [0.1, 0.15) is 33.6 Å². The van der Waals surface area contributed by atoms with Crippen molar-refractivity contribution >= 4 is 11.8 Å². The van der Waals surface area contributed by atoms with Gasteiger partial charge in [0.05, 0.1) is 13.0 Å². The summed E-state index contributed by atoms with van der Waals surface area (Å²) in [5.41, 5.74) is -2.34. The maximum Gasteiger partial charge on any atom is 0.347 e. The molecule has 0 aliphatic carbocycles. The van der Waals surface area contributed by atoms with Gasteiger partial charge in [-0.2, -0.15) is 0 Å². The van der Waals surface area contributed by atoms with Crippen molar-refractivity contribution in [2.45, 2.75) is 51.1 Å². The van der Waals surface area contributed by atoms with E-state index < -0.39 is 23.5 Å². The second-order valence-corrected chi connectivity index (χ2v) is 5.62. The number of hydrogen-bond donors (Lipinski definition) is 0. The highest BCUT2D eigenvalue weighted by Gasteiger charge is 2.55. The molecule has 0 aromatic carbocycles. The van der Waals surface area contributed by atoms with Crippen LogP contribution in [-0.2, 0) is 23.8 Å². The fraction of sp³-hybridized carbons (Fsp3) is 0.600. The zero-order chi connectivity index (χ0) is 15.4. The van der Waals surface area contributed by atoms with Gasteiger partial charge in [0.2, 0.25) is 5.60 Å². The summed E-state index contributed by atoms with van der Waals surface area (Å²) >= 11 is 0. The van der Waals surface area contributed by atoms with Crippen LogP contribution in [0.15, 0.2) is 25.3 Å². The lowest BCUT2D eigenvalue weighted by atomic mass is 9.94. The average molecular weight is 282 g/mol. The Bertz CT molecular complexity index is 407. The van der Waals surface area contributed by atoms with Gasteiger partial charge >= 0.3 is 5.97 Å². The number of esters is 1. The summed E-state index contributed by atoms with van der Waals surface area (Å²) in [5, 5.41) is 0. The zero-order valence-electron chi connectivity index (χ0n) is 12.3. The average Bonchev–Trinajstić information content (AvgIpc) is 2.63. The molecule has 2 atom stereocenters. The highest BCUT2D eigenvalue weighted by atomic mass is 16.7. The second-order valence-electron chi connectivity index (χ2n) is 5.62. The molecule has 1 aliphatic heterocycles. The minimum absolute atomic E-state index is 0.0148. The van der Waals surface area contributed by atoms with E-state index in [0.29, 0.717) is 0 Å². The van der Waals surface area contributed by atoms with Crippen molar-refractivity contribution in [3.63, 3.8) is 0 Å². The van der Waals surface area contributed by atoms with Gasteiger partial charge in [0.1, 0.15) is 5.60 Å². The van der Waals surface area contributed by atoms with E-state index in [4.69, 9.17) is 14.2 Å². The summed E-state index contributed by atoms with van der Waals surface area (Å²) in [6.07, 6.45) is 2.34. The topological polar surface area (TPSA) is 61.8 Å². The molecule has 0 amide bonds. The Kier molecular flexibility index (Phi) is 5.25. The lowest BCUT2D eigenvalue weighted by molar-refractivity contribution is -0.202. The molecule has 1 heterocycles. The highest BCUT2D eigenvalue weighted by molar-refractivity contribution is 6.09. The summed E-state index contributed by atoms with van der Waals surface area (Å²) in [4.78, 5) is 24.5. The second kappa shape index (κ2) is 6.33. The molecule has 5 heteroatoms. The minimum Gasteiger partial charge on any atom is -0.457 e. The molecule has 0 aromatic heterocycles. The van der Waals surface area contributed by atoms with Gasteiger partial charge < -0.3 is 14.2 Å². The van der Waals surface area contributed by atoms with Crippen LogP contribution in [0.2, 0.25) is 0 Å². The largest absolute Gasteiger partial charge is 0.457 e. The van der Waals surface area contributed by atoms with Gasteiger partial charge in [0.15, 0.2) is 12.1 Å². The van der Waals surface area contributed by atoms with Crippen molar-refractivity contribution < 1.29 is 23.8 Å². The van der Waals surface area contributed by atoms with E-state index in [2.05, 4.69) is 13.2 Å². The fourth-order valence-electron chi connectivity index (χ4n) is 1.89. The summed E-state index contributed by atoms with van der Waals surface area (Å²) in [6, 6.07) is 0. The maximum absolute atomic E-state index is 12.3. The van der Waals surface area contributed by atoms with E-state index in [1.165, 1.54) is 6.08 Å². The molecule has 112 valence electrons. The lowest BCUT2D eigenvalue weighted by Gasteiger charge is -2.29. The Hall–Kier alpha value is -1.46. The third-order valence-electron chi connectivity index (χ3n) is 2.70. The molecule has 0 N–H and O–H groups in total. The first kappa shape index (κ1) is 16.6. The van der Waals surface area contributed by atoms with E-state index in [1.807, 2.05) is 0 Å². The molecule has 0 saturated carbocycles. The Morgan fingerprint density at radius 2 is 2.10 bits per heavy atom. The van der Waals surface area contributed by atoms with Crippen LogP contribution in [0, 0.1) is 0 Å². The number of ether oxygens (including phenoxy) is 3. The molecule has 1 saturated heterocycles. The third kappa shape index (κ3) is 3.77. The standard InChI is InChI=1S/C15H22O5/c1-6-8-15(13(17)20-14(3,4)5)11(16)10-12(19-15)18-9-7-2/h6-7,12H,1-2,8-10H2,3-5H3/t12-,15-/m0/s1. The molecule has 0 bridgehead atoms. The Balaban J connectivity index is 2.91. The SMILES string of the molecule is C=CCO[C@@H]1CC(=O)[C@@](CC=C)(C(=O)OC(C)(C)C)O1. The molecule has 20 heavy (non-hydrogen) atoms. The zero-order valence-corrected chi connectivity index (χ0v) is 12.3. The first-order valence-electron chi connectivity index (χ1n) is 6.53. The van der Waals surface area contributed by atoms with Gasteiger partial charge in [0, 0.05) is 6.42 Å². The smallest absolute Gasteiger partial charge is 0.347 e. The predicted octanol–water partition coefficient (Wildman–Crippen LogP) is 2.16. The van der Waals surface area contributed by atoms with Crippen LogP contribution >= 0.6 is 0 Å². The van der Waals surface area contributed by atoms with Gasteiger partial charge in [-0.3, -0.25) is 4.79 Å². The van der Waals surface area contributed by atoms with Gasteiger partial charge in [-0.15, -0.1) is 13.2 Å². The number of carbonyl (C=O) groups is 2. The molecule has 1 aliphatic rings. The summed E-state index contributed by atoms with van der Waals surface area (Å²) in [6.45, 7) is 12.5. The number of carbonyl (C=O) groups excluding carboxylic acids is 2. The number of ketones is 1. The fourth-order valence-corrected chi connectivity index (χ4v) is 1.89. The predicted molar refractivity (Wildman–Crippen MR) is 74.0 cm³/mol. The van der Waals surface area contributed by atoms with Crippen molar-refractivity contribution in [1.82, 2.24) is 0 Å². The van der Waals surface area contributed by atoms with Crippen LogP contribution in [0.25, 0.3) is 0 Å². The monoisotopic (exact) mass is 282 g/mol. The molecule has 1 fully saturated rings. The van der Waals surface area contributed by atoms with Crippen molar-refractivity contribution in [2.75, 3.05) is 6.61 Å². The van der Waals surface area contributed by atoms with E-state index in [0.717, 1.165) is 0 Å². The van der Waals surface area contributed by atoms with Crippen molar-refractivity contribution in [3.05, 3.63) is 25.3 Å². The molecule has 5 nitrogen and oxygen atoms in total. The Labute approximate surface area is 119 Å². The number of Topliss-reactive ketones (excluding diaryl/α,β-unsaturated/α-hetero) is 1. The number of hydrogen-bond acceptors (Lipinski definition) is 5. The summed E-state index contributed by atoms with van der Waals surface area (Å²) < 4.78 is 16.1. The van der Waals surface area contributed by atoms with Crippen molar-refractivity contribution in [3.8, 4) is 0 Å². The molecule has 0 radical (unpaired) electrons. The van der Waals surface area contributed by atoms with Crippen LogP contribution in [-0.4, -0.2) is 35.9 Å². The first-order chi connectivity index (χ1) is 9.25. The van der Waals surface area contributed by atoms with Crippen LogP contribution in [0.4, 0.5) is 0 Å². The van der Waals surface area contributed by atoms with Crippen LogP contribution in [0.3, 0.4) is 0 Å². The molecular weight excluding hydrogens is 260 g/mol. The molecule has 0 unspecified atom stereocenters. The van der Waals surface area contributed by atoms with E-state index in [-0.39, 0.29) is 25.2 Å². The van der Waals surface area contributed by atoms with Crippen molar-refractivity contribution in [2.24, 2.45) is 0 Å². The van der Waals surface area contributed by atoms with Crippen LogP contribution < -0.4 is 0 Å². The van der Waals surface area contributed by atoms with Gasteiger partial charge in [-0.05, 0) is 20.8 Å². The molecule has 1 rings (SSSR count). The Morgan fingerprint density at radius 1 is 1.45 bits per heavy atom. The third-order valence-corrected chi connectivity index (χ3v) is 2.70. The highest BCUT2D eigenvalue weighted by Crippen LogP contribution is 2.33. The first-order valence-corrected chi connectivity index (χ1v) is 6.53. The van der Waals surface area contributed by atoms with Gasteiger partial charge in [0.25, 0.3) is 0 Å². The number of rotatable bonds is 6. The normalized spacial score (nSPS) is 26.4.